The lowest BCUT2D eigenvalue weighted by Crippen LogP contribution is -2.18. The second-order valence-electron chi connectivity index (χ2n) is 6.92. The molecule has 0 bridgehead atoms. The fraction of sp³-hybridized carbons (Fsp3) is 0.182. The average molecular weight is 401 g/mol. The molecule has 3 aromatic heterocycles. The van der Waals surface area contributed by atoms with Gasteiger partial charge in [-0.2, -0.15) is 0 Å². The second kappa shape index (κ2) is 7.24. The number of nitrogens with two attached hydrogens (primary N) is 1. The van der Waals surface area contributed by atoms with Gasteiger partial charge in [-0.25, -0.2) is 19.9 Å². The van der Waals surface area contributed by atoms with E-state index in [-0.39, 0.29) is 0 Å². The monoisotopic (exact) mass is 401 g/mol. The van der Waals surface area contributed by atoms with Crippen LogP contribution in [0.15, 0.2) is 41.8 Å². The maximum atomic E-state index is 10.7. The summed E-state index contributed by atoms with van der Waals surface area (Å²) in [6.07, 6.45) is 0. The van der Waals surface area contributed by atoms with Crippen molar-refractivity contribution in [2.24, 2.45) is 0 Å². The second-order valence-corrected chi connectivity index (χ2v) is 7.78. The third-order valence-electron chi connectivity index (χ3n) is 4.33. The summed E-state index contributed by atoms with van der Waals surface area (Å²) in [5, 5.41) is 13.1. The van der Waals surface area contributed by atoms with Gasteiger partial charge in [-0.05, 0) is 45.0 Å². The van der Waals surface area contributed by atoms with Crippen molar-refractivity contribution < 1.29 is 5.11 Å². The first-order valence-electron chi connectivity index (χ1n) is 9.01. The van der Waals surface area contributed by atoms with Crippen LogP contribution >= 0.6 is 11.3 Å². The van der Waals surface area contributed by atoms with Gasteiger partial charge in [0.05, 0.1) is 11.2 Å². The summed E-state index contributed by atoms with van der Waals surface area (Å²) in [5.41, 5.74) is 9.28. The Hall–Kier alpha value is -3.34. The van der Waals surface area contributed by atoms with Crippen molar-refractivity contribution in [1.29, 1.82) is 0 Å². The van der Waals surface area contributed by atoms with Crippen LogP contribution < -0.4 is 5.73 Å². The molecule has 1 atom stereocenters. The number of aryl methyl sites for hydroxylation is 2. The van der Waals surface area contributed by atoms with Crippen molar-refractivity contribution in [2.45, 2.75) is 26.4 Å². The molecular formula is C22H19N5OS. The number of nitrogen functional groups attached to an aromatic ring is 1. The molecule has 0 amide bonds. The van der Waals surface area contributed by atoms with E-state index in [1.807, 2.05) is 48.7 Å². The van der Waals surface area contributed by atoms with Gasteiger partial charge >= 0.3 is 0 Å². The summed E-state index contributed by atoms with van der Waals surface area (Å²) in [5.74, 6) is 6.95. The zero-order chi connectivity index (χ0) is 20.6. The SMILES string of the molecule is Cc1csc([C@](C)(O)C#Cc2cccc(-c3ccc4nc(C)nc(N)c4n3)c2)n1. The number of fused-ring (bicyclic) bond motifs is 1. The van der Waals surface area contributed by atoms with E-state index in [9.17, 15) is 5.11 Å². The van der Waals surface area contributed by atoms with E-state index in [1.165, 1.54) is 11.3 Å². The van der Waals surface area contributed by atoms with Crippen LogP contribution in [0, 0.1) is 25.7 Å². The van der Waals surface area contributed by atoms with Crippen molar-refractivity contribution in [3.8, 4) is 23.1 Å². The fourth-order valence-corrected chi connectivity index (χ4v) is 3.71. The molecule has 6 nitrogen and oxygen atoms in total. The first-order valence-corrected chi connectivity index (χ1v) is 9.89. The van der Waals surface area contributed by atoms with E-state index in [0.717, 1.165) is 22.5 Å². The zero-order valence-electron chi connectivity index (χ0n) is 16.3. The Labute approximate surface area is 172 Å². The van der Waals surface area contributed by atoms with Gasteiger partial charge < -0.3 is 10.8 Å². The van der Waals surface area contributed by atoms with Crippen LogP contribution in [0.1, 0.15) is 29.0 Å². The average Bonchev–Trinajstić information content (AvgIpc) is 3.14. The van der Waals surface area contributed by atoms with Gasteiger partial charge in [-0.1, -0.05) is 24.0 Å². The Kier molecular flexibility index (Phi) is 4.74. The number of thiazole rings is 1. The summed E-state index contributed by atoms with van der Waals surface area (Å²) in [6, 6.07) is 11.5. The number of aromatic nitrogens is 4. The third-order valence-corrected chi connectivity index (χ3v) is 5.50. The molecule has 4 rings (SSSR count). The minimum atomic E-state index is -1.31. The molecule has 0 saturated carbocycles. The van der Waals surface area contributed by atoms with Gasteiger partial charge in [-0.15, -0.1) is 11.3 Å². The van der Waals surface area contributed by atoms with E-state index in [0.29, 0.717) is 27.7 Å². The molecule has 3 N–H and O–H groups in total. The number of hydrogen-bond donors (Lipinski definition) is 2. The molecule has 0 spiro atoms. The summed E-state index contributed by atoms with van der Waals surface area (Å²) in [4.78, 5) is 17.5. The maximum absolute atomic E-state index is 10.7. The van der Waals surface area contributed by atoms with Gasteiger partial charge in [0.15, 0.2) is 11.4 Å². The molecule has 0 fully saturated rings. The number of nitrogens with zero attached hydrogens (tertiary/aromatic N) is 4. The van der Waals surface area contributed by atoms with Crippen molar-refractivity contribution in [2.75, 3.05) is 5.73 Å². The topological polar surface area (TPSA) is 97.8 Å². The minimum Gasteiger partial charge on any atom is -0.382 e. The van der Waals surface area contributed by atoms with Crippen LogP contribution in [0.3, 0.4) is 0 Å². The Balaban J connectivity index is 1.69. The molecule has 4 aromatic rings. The summed E-state index contributed by atoms with van der Waals surface area (Å²) < 4.78 is 0. The molecule has 7 heteroatoms. The zero-order valence-corrected chi connectivity index (χ0v) is 17.1. The van der Waals surface area contributed by atoms with E-state index in [1.54, 1.807) is 13.8 Å². The summed E-state index contributed by atoms with van der Waals surface area (Å²) in [7, 11) is 0. The lowest BCUT2D eigenvalue weighted by atomic mass is 10.1. The molecule has 0 unspecified atom stereocenters. The van der Waals surface area contributed by atoms with Crippen LogP contribution in [-0.4, -0.2) is 25.0 Å². The van der Waals surface area contributed by atoms with E-state index in [2.05, 4.69) is 31.8 Å². The van der Waals surface area contributed by atoms with Gasteiger partial charge in [0, 0.05) is 22.2 Å². The number of benzene rings is 1. The highest BCUT2D eigenvalue weighted by molar-refractivity contribution is 7.09. The standard InChI is InChI=1S/C22H19N5OS/c1-13-12-29-21(24-13)22(3,28)10-9-15-5-4-6-16(11-15)17-7-8-18-19(27-17)20(23)26-14(2)25-18/h4-8,11-12,28H,1-3H3,(H2,23,25,26)/t22-/m1/s1. The Bertz CT molecular complexity index is 1280. The van der Waals surface area contributed by atoms with Crippen molar-refractivity contribution >= 4 is 28.2 Å². The quantitative estimate of drug-likeness (QED) is 0.498. The highest BCUT2D eigenvalue weighted by atomic mass is 32.1. The lowest BCUT2D eigenvalue weighted by molar-refractivity contribution is 0.121. The Morgan fingerprint density at radius 3 is 2.66 bits per heavy atom. The molecule has 0 aliphatic heterocycles. The molecule has 1 aromatic carbocycles. The minimum absolute atomic E-state index is 0.361. The number of rotatable bonds is 2. The first-order chi connectivity index (χ1) is 13.8. The molecule has 0 aliphatic carbocycles. The molecule has 0 radical (unpaired) electrons. The Morgan fingerprint density at radius 1 is 1.07 bits per heavy atom. The predicted molar refractivity (Wildman–Crippen MR) is 115 cm³/mol. The van der Waals surface area contributed by atoms with Gasteiger partial charge in [0.2, 0.25) is 0 Å². The van der Waals surface area contributed by atoms with E-state index in [4.69, 9.17) is 5.73 Å². The smallest absolute Gasteiger partial charge is 0.174 e. The largest absolute Gasteiger partial charge is 0.382 e. The van der Waals surface area contributed by atoms with Crippen molar-refractivity contribution in [3.63, 3.8) is 0 Å². The third kappa shape index (κ3) is 3.94. The molecular weight excluding hydrogens is 382 g/mol. The van der Waals surface area contributed by atoms with E-state index < -0.39 is 5.60 Å². The maximum Gasteiger partial charge on any atom is 0.174 e. The number of aliphatic hydroxyl groups is 1. The number of hydrogen-bond acceptors (Lipinski definition) is 7. The lowest BCUT2D eigenvalue weighted by Gasteiger charge is -2.12. The van der Waals surface area contributed by atoms with E-state index >= 15 is 0 Å². The number of pyridine rings is 1. The molecule has 0 saturated heterocycles. The van der Waals surface area contributed by atoms with Crippen LogP contribution in [0.5, 0.6) is 0 Å². The van der Waals surface area contributed by atoms with Crippen LogP contribution in [0.4, 0.5) is 5.82 Å². The van der Waals surface area contributed by atoms with Crippen LogP contribution in [0.2, 0.25) is 0 Å². The Morgan fingerprint density at radius 2 is 1.90 bits per heavy atom. The van der Waals surface area contributed by atoms with Crippen molar-refractivity contribution in [3.05, 3.63) is 63.9 Å². The van der Waals surface area contributed by atoms with Gasteiger partial charge in [0.25, 0.3) is 0 Å². The molecule has 29 heavy (non-hydrogen) atoms. The van der Waals surface area contributed by atoms with Crippen molar-refractivity contribution in [1.82, 2.24) is 19.9 Å². The van der Waals surface area contributed by atoms with Crippen LogP contribution in [0.25, 0.3) is 22.3 Å². The normalized spacial score (nSPS) is 13.0. The van der Waals surface area contributed by atoms with Gasteiger partial charge in [-0.3, -0.25) is 0 Å². The summed E-state index contributed by atoms with van der Waals surface area (Å²) >= 11 is 1.40. The fourth-order valence-electron chi connectivity index (χ4n) is 2.90. The molecule has 0 aliphatic rings. The van der Waals surface area contributed by atoms with Crippen LogP contribution in [-0.2, 0) is 5.60 Å². The number of anilines is 1. The highest BCUT2D eigenvalue weighted by Gasteiger charge is 2.23. The first kappa shape index (κ1) is 19.0. The summed E-state index contributed by atoms with van der Waals surface area (Å²) in [6.45, 7) is 5.34. The molecule has 144 valence electrons. The predicted octanol–water partition coefficient (Wildman–Crippen LogP) is 3.61. The highest BCUT2D eigenvalue weighted by Crippen LogP contribution is 2.25. The van der Waals surface area contributed by atoms with Gasteiger partial charge in [0.1, 0.15) is 16.3 Å². The molecule has 3 heterocycles.